The molecule has 0 bridgehead atoms. The van der Waals surface area contributed by atoms with Gasteiger partial charge in [0.05, 0.1) is 31.4 Å². The normalized spacial score (nSPS) is 16.0. The topological polar surface area (TPSA) is 118 Å². The van der Waals surface area contributed by atoms with E-state index in [0.717, 1.165) is 37.6 Å². The lowest BCUT2D eigenvalue weighted by atomic mass is 10.2. The SMILES string of the molecule is Cc1nc(Nc2ccc(N3CCOCC3)cc2)c([N+](=O)[O-])c(Nc2ccc(N3CCOCC3)cc2)n1. The number of ether oxygens (including phenoxy) is 2. The Bertz CT molecular complexity index is 1110. The van der Waals surface area contributed by atoms with Crippen LogP contribution >= 0.6 is 0 Å². The van der Waals surface area contributed by atoms with E-state index in [0.29, 0.717) is 43.6 Å². The van der Waals surface area contributed by atoms with Crippen LogP contribution in [0.1, 0.15) is 5.82 Å². The third-order valence-electron chi connectivity index (χ3n) is 6.19. The number of nitrogens with zero attached hydrogens (tertiary/aromatic N) is 5. The van der Waals surface area contributed by atoms with E-state index in [2.05, 4.69) is 30.4 Å². The zero-order chi connectivity index (χ0) is 24.9. The monoisotopic (exact) mass is 491 g/mol. The molecule has 2 N–H and O–H groups in total. The average Bonchev–Trinajstić information content (AvgIpc) is 2.90. The van der Waals surface area contributed by atoms with Crippen molar-refractivity contribution in [3.8, 4) is 0 Å². The Morgan fingerprint density at radius 3 is 1.50 bits per heavy atom. The lowest BCUT2D eigenvalue weighted by Gasteiger charge is -2.29. The van der Waals surface area contributed by atoms with Gasteiger partial charge in [0.25, 0.3) is 0 Å². The smallest absolute Gasteiger partial charge is 0.353 e. The number of benzene rings is 2. The maximum atomic E-state index is 12.1. The Morgan fingerprint density at radius 1 is 0.750 bits per heavy atom. The summed E-state index contributed by atoms with van der Waals surface area (Å²) in [6.45, 7) is 7.89. The minimum atomic E-state index is -0.464. The number of hydrogen-bond donors (Lipinski definition) is 2. The molecule has 2 aromatic carbocycles. The zero-order valence-corrected chi connectivity index (χ0v) is 20.1. The number of anilines is 6. The molecule has 2 fully saturated rings. The molecular formula is C25H29N7O4. The van der Waals surface area contributed by atoms with Crippen LogP contribution in [0.2, 0.25) is 0 Å². The van der Waals surface area contributed by atoms with Crippen molar-refractivity contribution >= 4 is 40.1 Å². The van der Waals surface area contributed by atoms with E-state index >= 15 is 0 Å². The number of nitro groups is 1. The van der Waals surface area contributed by atoms with Crippen molar-refractivity contribution in [3.63, 3.8) is 0 Å². The second-order valence-corrected chi connectivity index (χ2v) is 8.62. The molecular weight excluding hydrogens is 462 g/mol. The van der Waals surface area contributed by atoms with Crippen LogP contribution in [0, 0.1) is 17.0 Å². The molecule has 5 rings (SSSR count). The first-order chi connectivity index (χ1) is 17.6. The van der Waals surface area contributed by atoms with Crippen LogP contribution in [-0.4, -0.2) is 67.5 Å². The van der Waals surface area contributed by atoms with Crippen molar-refractivity contribution in [3.05, 3.63) is 64.5 Å². The number of hydrogen-bond acceptors (Lipinski definition) is 10. The first-order valence-corrected chi connectivity index (χ1v) is 12.0. The fourth-order valence-electron chi connectivity index (χ4n) is 4.34. The molecule has 2 aliphatic rings. The molecule has 0 spiro atoms. The molecule has 0 atom stereocenters. The fraction of sp³-hybridized carbons (Fsp3) is 0.360. The van der Waals surface area contributed by atoms with E-state index in [-0.39, 0.29) is 17.3 Å². The van der Waals surface area contributed by atoms with Crippen LogP contribution < -0.4 is 20.4 Å². The summed E-state index contributed by atoms with van der Waals surface area (Å²) in [5, 5.41) is 18.3. The molecule has 0 amide bonds. The van der Waals surface area contributed by atoms with Crippen molar-refractivity contribution < 1.29 is 14.4 Å². The van der Waals surface area contributed by atoms with Gasteiger partial charge in [-0.05, 0) is 55.5 Å². The van der Waals surface area contributed by atoms with Crippen LogP contribution in [0.3, 0.4) is 0 Å². The summed E-state index contributed by atoms with van der Waals surface area (Å²) in [6.07, 6.45) is 0. The number of aromatic nitrogens is 2. The number of nitrogens with one attached hydrogen (secondary N) is 2. The van der Waals surface area contributed by atoms with Crippen LogP contribution in [-0.2, 0) is 9.47 Å². The molecule has 3 aromatic rings. The molecule has 2 aliphatic heterocycles. The summed E-state index contributed by atoms with van der Waals surface area (Å²) in [4.78, 5) is 24.8. The summed E-state index contributed by atoms with van der Waals surface area (Å²) in [6, 6.07) is 15.5. The van der Waals surface area contributed by atoms with Crippen molar-refractivity contribution in [1.29, 1.82) is 0 Å². The minimum Gasteiger partial charge on any atom is -0.378 e. The fourth-order valence-corrected chi connectivity index (χ4v) is 4.34. The van der Waals surface area contributed by atoms with Gasteiger partial charge in [-0.1, -0.05) is 0 Å². The molecule has 188 valence electrons. The Morgan fingerprint density at radius 2 is 1.14 bits per heavy atom. The lowest BCUT2D eigenvalue weighted by Crippen LogP contribution is -2.36. The van der Waals surface area contributed by atoms with Gasteiger partial charge >= 0.3 is 5.69 Å². The van der Waals surface area contributed by atoms with Gasteiger partial charge in [-0.2, -0.15) is 0 Å². The highest BCUT2D eigenvalue weighted by Gasteiger charge is 2.25. The Kier molecular flexibility index (Phi) is 7.10. The summed E-state index contributed by atoms with van der Waals surface area (Å²) >= 11 is 0. The Hall–Kier alpha value is -3.96. The molecule has 0 radical (unpaired) electrons. The maximum Gasteiger partial charge on any atom is 0.353 e. The summed E-state index contributed by atoms with van der Waals surface area (Å²) < 4.78 is 10.8. The van der Waals surface area contributed by atoms with Gasteiger partial charge < -0.3 is 29.9 Å². The van der Waals surface area contributed by atoms with Crippen molar-refractivity contribution in [2.24, 2.45) is 0 Å². The van der Waals surface area contributed by atoms with Gasteiger partial charge in [0, 0.05) is 48.9 Å². The largest absolute Gasteiger partial charge is 0.378 e. The lowest BCUT2D eigenvalue weighted by molar-refractivity contribution is -0.383. The first-order valence-electron chi connectivity index (χ1n) is 12.0. The maximum absolute atomic E-state index is 12.1. The molecule has 11 heteroatoms. The van der Waals surface area contributed by atoms with Gasteiger partial charge in [-0.25, -0.2) is 9.97 Å². The predicted molar refractivity (Wildman–Crippen MR) is 139 cm³/mol. The molecule has 36 heavy (non-hydrogen) atoms. The van der Waals surface area contributed by atoms with Gasteiger partial charge in [0.1, 0.15) is 5.82 Å². The van der Waals surface area contributed by atoms with Crippen LogP contribution in [0.15, 0.2) is 48.5 Å². The minimum absolute atomic E-state index is 0.138. The van der Waals surface area contributed by atoms with Crippen molar-refractivity contribution in [1.82, 2.24) is 9.97 Å². The molecule has 0 saturated carbocycles. The molecule has 11 nitrogen and oxygen atoms in total. The van der Waals surface area contributed by atoms with Crippen molar-refractivity contribution in [2.75, 3.05) is 73.0 Å². The Balaban J connectivity index is 1.35. The third kappa shape index (κ3) is 5.47. The van der Waals surface area contributed by atoms with E-state index in [1.807, 2.05) is 48.5 Å². The van der Waals surface area contributed by atoms with E-state index in [9.17, 15) is 10.1 Å². The highest BCUT2D eigenvalue weighted by Crippen LogP contribution is 2.34. The van der Waals surface area contributed by atoms with Crippen LogP contribution in [0.25, 0.3) is 0 Å². The van der Waals surface area contributed by atoms with Crippen LogP contribution in [0.5, 0.6) is 0 Å². The predicted octanol–water partition coefficient (Wildman–Crippen LogP) is 3.85. The number of morpholine rings is 2. The zero-order valence-electron chi connectivity index (χ0n) is 20.1. The Labute approximate surface area is 209 Å². The van der Waals surface area contributed by atoms with Crippen LogP contribution in [0.4, 0.5) is 40.1 Å². The summed E-state index contributed by atoms with van der Waals surface area (Å²) in [5.74, 6) is 0.693. The van der Waals surface area contributed by atoms with Gasteiger partial charge in [-0.15, -0.1) is 0 Å². The van der Waals surface area contributed by atoms with E-state index in [1.54, 1.807) is 6.92 Å². The molecule has 0 unspecified atom stereocenters. The van der Waals surface area contributed by atoms with Gasteiger partial charge in [0.15, 0.2) is 0 Å². The van der Waals surface area contributed by atoms with Crippen molar-refractivity contribution in [2.45, 2.75) is 6.92 Å². The number of aryl methyl sites for hydroxylation is 1. The summed E-state index contributed by atoms with van der Waals surface area (Å²) in [5.41, 5.74) is 3.36. The highest BCUT2D eigenvalue weighted by atomic mass is 16.6. The quantitative estimate of drug-likeness (QED) is 0.373. The average molecular weight is 492 g/mol. The summed E-state index contributed by atoms with van der Waals surface area (Å²) in [7, 11) is 0. The van der Waals surface area contributed by atoms with Gasteiger partial charge in [0.2, 0.25) is 11.6 Å². The van der Waals surface area contributed by atoms with E-state index in [4.69, 9.17) is 9.47 Å². The standard InChI is InChI=1S/C25H29N7O4/c1-18-26-24(28-19-2-6-21(7-3-19)30-10-14-35-15-11-30)23(32(33)34)25(27-18)29-20-4-8-22(9-5-20)31-12-16-36-17-13-31/h2-9H,10-17H2,1H3,(H2,26,27,28,29). The van der Waals surface area contributed by atoms with E-state index in [1.165, 1.54) is 0 Å². The third-order valence-corrected chi connectivity index (χ3v) is 6.19. The second-order valence-electron chi connectivity index (χ2n) is 8.62. The first kappa shape index (κ1) is 23.8. The van der Waals surface area contributed by atoms with Gasteiger partial charge in [-0.3, -0.25) is 10.1 Å². The molecule has 2 saturated heterocycles. The van der Waals surface area contributed by atoms with E-state index < -0.39 is 4.92 Å². The highest BCUT2D eigenvalue weighted by molar-refractivity contribution is 5.77. The number of rotatable bonds is 7. The molecule has 1 aromatic heterocycles. The molecule has 3 heterocycles. The molecule has 0 aliphatic carbocycles. The second kappa shape index (κ2) is 10.8.